The average molecular weight is 669 g/mol. The third kappa shape index (κ3) is 7.11. The van der Waals surface area contributed by atoms with Gasteiger partial charge in [0.25, 0.3) is 0 Å². The van der Waals surface area contributed by atoms with Gasteiger partial charge in [0.1, 0.15) is 0 Å². The summed E-state index contributed by atoms with van der Waals surface area (Å²) in [5.41, 5.74) is 9.79. The van der Waals surface area contributed by atoms with Gasteiger partial charge in [-0.05, 0) is 114 Å². The van der Waals surface area contributed by atoms with Crippen LogP contribution in [0.25, 0.3) is 11.0 Å². The number of aromatic nitrogens is 5. The summed E-state index contributed by atoms with van der Waals surface area (Å²) in [6.07, 6.45) is 10.5. The maximum absolute atomic E-state index is 12.7. The van der Waals surface area contributed by atoms with Crippen molar-refractivity contribution in [2.75, 3.05) is 29.2 Å². The average Bonchev–Trinajstić information content (AvgIpc) is 3.91. The molecule has 14 nitrogen and oxygen atoms in total. The van der Waals surface area contributed by atoms with Crippen molar-refractivity contribution in [3.05, 3.63) is 86.7 Å². The van der Waals surface area contributed by atoms with Gasteiger partial charge in [0.15, 0.2) is 5.52 Å². The molecule has 2 aliphatic carbocycles. The first-order valence-corrected chi connectivity index (χ1v) is 17.1. The molecule has 7 rings (SSSR count). The van der Waals surface area contributed by atoms with Crippen LogP contribution in [0.15, 0.2) is 58.2 Å². The molecule has 0 saturated heterocycles. The Labute approximate surface area is 280 Å². The highest BCUT2D eigenvalue weighted by atomic mass is 32.2. The standard InChI is InChI=1S/C33H36N10O4S/c44-30(14-11-24-19-42(41-38-24)16-4-15-34-28-12-13-29(43(45)46)33-32(28)39-47-40-33)37-23-7-3-8-25(18-23)48-36-20-35-31-26-9-1-5-21(26)17-22-6-2-10-27(22)31/h3,7-8,12-13,17-19,34-36H,1-2,4-6,9-11,14-16,20H2,(H,37,44). The molecule has 2 heterocycles. The van der Waals surface area contributed by atoms with E-state index in [2.05, 4.69) is 47.4 Å². The summed E-state index contributed by atoms with van der Waals surface area (Å²) in [6, 6.07) is 13.2. The molecule has 48 heavy (non-hydrogen) atoms. The zero-order valence-corrected chi connectivity index (χ0v) is 27.1. The minimum Gasteiger partial charge on any atom is -0.383 e. The molecule has 1 amide bonds. The van der Waals surface area contributed by atoms with Crippen molar-refractivity contribution in [1.82, 2.24) is 30.0 Å². The topological polar surface area (TPSA) is 178 Å². The summed E-state index contributed by atoms with van der Waals surface area (Å²) in [4.78, 5) is 24.4. The number of hydrogen-bond donors (Lipinski definition) is 4. The van der Waals surface area contributed by atoms with Gasteiger partial charge < -0.3 is 16.0 Å². The van der Waals surface area contributed by atoms with E-state index in [1.807, 2.05) is 30.5 Å². The first kappa shape index (κ1) is 31.6. The molecular formula is C33H36N10O4S. The van der Waals surface area contributed by atoms with E-state index in [0.717, 1.165) is 29.1 Å². The second-order valence-electron chi connectivity index (χ2n) is 12.0. The van der Waals surface area contributed by atoms with Crippen molar-refractivity contribution in [1.29, 1.82) is 0 Å². The molecule has 0 aliphatic heterocycles. The molecule has 2 aliphatic rings. The van der Waals surface area contributed by atoms with E-state index >= 15 is 0 Å². The number of benzene rings is 3. The lowest BCUT2D eigenvalue weighted by atomic mass is 9.99. The predicted octanol–water partition coefficient (Wildman–Crippen LogP) is 5.44. The van der Waals surface area contributed by atoms with Crippen LogP contribution >= 0.6 is 11.9 Å². The summed E-state index contributed by atoms with van der Waals surface area (Å²) >= 11 is 1.55. The largest absolute Gasteiger partial charge is 0.383 e. The van der Waals surface area contributed by atoms with Crippen LogP contribution in [-0.4, -0.2) is 49.4 Å². The number of nitrogens with zero attached hydrogens (tertiary/aromatic N) is 6. The number of hydrogen-bond acceptors (Lipinski definition) is 12. The fraction of sp³-hybridized carbons (Fsp3) is 0.364. The molecule has 5 aromatic rings. The molecule has 0 fully saturated rings. The molecule has 0 atom stereocenters. The highest BCUT2D eigenvalue weighted by Crippen LogP contribution is 2.38. The molecule has 4 N–H and O–H groups in total. The highest BCUT2D eigenvalue weighted by Gasteiger charge is 2.24. The number of carbonyl (C=O) groups is 1. The van der Waals surface area contributed by atoms with E-state index in [4.69, 9.17) is 4.63 Å². The Morgan fingerprint density at radius 1 is 1.00 bits per heavy atom. The lowest BCUT2D eigenvalue weighted by molar-refractivity contribution is -0.383. The molecule has 15 heteroatoms. The first-order valence-electron chi connectivity index (χ1n) is 16.2. The first-order chi connectivity index (χ1) is 23.5. The van der Waals surface area contributed by atoms with Gasteiger partial charge in [0.05, 0.1) is 23.0 Å². The highest BCUT2D eigenvalue weighted by molar-refractivity contribution is 7.97. The number of rotatable bonds is 15. The van der Waals surface area contributed by atoms with Crippen LogP contribution in [0.3, 0.4) is 0 Å². The lowest BCUT2D eigenvalue weighted by Gasteiger charge is -2.17. The monoisotopic (exact) mass is 668 g/mol. The Kier molecular flexibility index (Phi) is 9.47. The zero-order valence-electron chi connectivity index (χ0n) is 26.3. The summed E-state index contributed by atoms with van der Waals surface area (Å²) in [5, 5.41) is 36.9. The SMILES string of the molecule is O=C(CCc1cn(CCCNc2ccc([N+](=O)[O-])c3nonc23)nn1)Nc1cccc(SNCNc2c3c(cc4c2CCC4)CCC3)c1. The van der Waals surface area contributed by atoms with Crippen LogP contribution in [0, 0.1) is 10.1 Å². The molecule has 0 radical (unpaired) electrons. The number of amides is 1. The van der Waals surface area contributed by atoms with Crippen molar-refractivity contribution >= 4 is 51.6 Å². The summed E-state index contributed by atoms with van der Waals surface area (Å²) in [7, 11) is 0. The van der Waals surface area contributed by atoms with Crippen molar-refractivity contribution < 1.29 is 14.3 Å². The van der Waals surface area contributed by atoms with Gasteiger partial charge >= 0.3 is 5.69 Å². The normalized spacial score (nSPS) is 13.4. The minimum atomic E-state index is -0.517. The fourth-order valence-corrected chi connectivity index (χ4v) is 7.19. The Hall–Kier alpha value is -5.02. The number of nitro groups is 1. The Balaban J connectivity index is 0.827. The van der Waals surface area contributed by atoms with Gasteiger partial charge in [0.2, 0.25) is 11.4 Å². The fourth-order valence-electron chi connectivity index (χ4n) is 6.55. The van der Waals surface area contributed by atoms with Gasteiger partial charge in [-0.1, -0.05) is 17.3 Å². The number of aryl methyl sites for hydroxylation is 4. The van der Waals surface area contributed by atoms with Crippen molar-refractivity contribution in [3.63, 3.8) is 0 Å². The van der Waals surface area contributed by atoms with Gasteiger partial charge in [-0.3, -0.25) is 19.6 Å². The number of anilines is 3. The van der Waals surface area contributed by atoms with Crippen molar-refractivity contribution in [2.45, 2.75) is 69.2 Å². The van der Waals surface area contributed by atoms with Gasteiger partial charge in [-0.25, -0.2) is 9.35 Å². The Morgan fingerprint density at radius 2 is 1.81 bits per heavy atom. The molecule has 0 bridgehead atoms. The van der Waals surface area contributed by atoms with Gasteiger partial charge in [-0.15, -0.1) is 5.10 Å². The third-order valence-corrected chi connectivity index (χ3v) is 9.56. The minimum absolute atomic E-state index is 0.0888. The Bertz CT molecular complexity index is 1930. The van der Waals surface area contributed by atoms with Crippen LogP contribution in [0.2, 0.25) is 0 Å². The van der Waals surface area contributed by atoms with Crippen molar-refractivity contribution in [2.24, 2.45) is 0 Å². The number of nitrogens with one attached hydrogen (secondary N) is 4. The van der Waals surface area contributed by atoms with Crippen LogP contribution < -0.4 is 20.7 Å². The second kappa shape index (κ2) is 14.4. The summed E-state index contributed by atoms with van der Waals surface area (Å²) in [6.45, 7) is 1.82. The third-order valence-electron chi connectivity index (χ3n) is 8.78. The van der Waals surface area contributed by atoms with Crippen LogP contribution in [0.5, 0.6) is 0 Å². The number of carbonyl (C=O) groups excluding carboxylic acids is 1. The molecule has 0 saturated carbocycles. The van der Waals surface area contributed by atoms with E-state index in [-0.39, 0.29) is 23.5 Å². The molecule has 0 spiro atoms. The van der Waals surface area contributed by atoms with E-state index in [1.54, 1.807) is 22.7 Å². The maximum Gasteiger partial charge on any atom is 0.300 e. The quantitative estimate of drug-likeness (QED) is 0.0366. The number of non-ortho nitro benzene ring substituents is 1. The molecule has 3 aromatic carbocycles. The predicted molar refractivity (Wildman–Crippen MR) is 183 cm³/mol. The lowest BCUT2D eigenvalue weighted by Crippen LogP contribution is -2.17. The molecule has 248 valence electrons. The second-order valence-corrected chi connectivity index (χ2v) is 13.0. The summed E-state index contributed by atoms with van der Waals surface area (Å²) in [5.74, 6) is -0.0888. The van der Waals surface area contributed by atoms with E-state index in [9.17, 15) is 14.9 Å². The van der Waals surface area contributed by atoms with Crippen molar-refractivity contribution in [3.8, 4) is 0 Å². The van der Waals surface area contributed by atoms with E-state index in [0.29, 0.717) is 43.8 Å². The molecule has 0 unspecified atom stereocenters. The maximum atomic E-state index is 12.7. The van der Waals surface area contributed by atoms with Gasteiger partial charge in [0, 0.05) is 54.5 Å². The summed E-state index contributed by atoms with van der Waals surface area (Å²) < 4.78 is 9.88. The van der Waals surface area contributed by atoms with Gasteiger partial charge in [-0.2, -0.15) is 0 Å². The Morgan fingerprint density at radius 3 is 2.62 bits per heavy atom. The molecule has 2 aromatic heterocycles. The van der Waals surface area contributed by atoms with Crippen LogP contribution in [-0.2, 0) is 43.4 Å². The van der Waals surface area contributed by atoms with Crippen LogP contribution in [0.4, 0.5) is 22.7 Å². The number of fused-ring (bicyclic) bond motifs is 3. The number of nitro benzene ring substituents is 1. The smallest absolute Gasteiger partial charge is 0.300 e. The molecular weight excluding hydrogens is 632 g/mol. The van der Waals surface area contributed by atoms with E-state index < -0.39 is 4.92 Å². The van der Waals surface area contributed by atoms with Crippen LogP contribution in [0.1, 0.15) is 53.6 Å². The zero-order chi connectivity index (χ0) is 32.9. The van der Waals surface area contributed by atoms with E-state index in [1.165, 1.54) is 59.7 Å².